The first kappa shape index (κ1) is 21.2. The standard InChI is InChI=1S/C18H31N5.HI/c1-4-23-10-6-9-17(23)13-21-18(19)20-12-15-7-5-8-16(11-15)14-22(2)3;/h5,7-8,11,17H,4,6,9-10,12-14H2,1-3H3,(H3,19,20,21);1H. The zero-order valence-corrected chi connectivity index (χ0v) is 17.5. The number of benzene rings is 1. The van der Waals surface area contributed by atoms with E-state index in [0.29, 0.717) is 18.5 Å². The number of likely N-dealkylation sites (tertiary alicyclic amines) is 1. The van der Waals surface area contributed by atoms with Crippen molar-refractivity contribution in [3.8, 4) is 0 Å². The van der Waals surface area contributed by atoms with E-state index in [4.69, 9.17) is 5.73 Å². The van der Waals surface area contributed by atoms with Crippen LogP contribution in [0.5, 0.6) is 0 Å². The second kappa shape index (κ2) is 10.9. The minimum atomic E-state index is 0. The van der Waals surface area contributed by atoms with Crippen molar-refractivity contribution in [3.63, 3.8) is 0 Å². The molecule has 1 heterocycles. The summed E-state index contributed by atoms with van der Waals surface area (Å²) >= 11 is 0. The molecule has 1 fully saturated rings. The highest BCUT2D eigenvalue weighted by molar-refractivity contribution is 14.0. The fourth-order valence-corrected chi connectivity index (χ4v) is 3.19. The number of nitrogens with one attached hydrogen (secondary N) is 1. The second-order valence-electron chi connectivity index (χ2n) is 6.56. The van der Waals surface area contributed by atoms with Crippen LogP contribution in [-0.4, -0.2) is 55.5 Å². The number of hydrogen-bond donors (Lipinski definition) is 2. The van der Waals surface area contributed by atoms with Crippen LogP contribution in [0.3, 0.4) is 0 Å². The summed E-state index contributed by atoms with van der Waals surface area (Å²) in [6.45, 7) is 7.00. The molecule has 0 aromatic heterocycles. The van der Waals surface area contributed by atoms with Gasteiger partial charge in [-0.15, -0.1) is 24.0 Å². The molecule has 2 rings (SSSR count). The van der Waals surface area contributed by atoms with Crippen molar-refractivity contribution < 1.29 is 0 Å². The van der Waals surface area contributed by atoms with Gasteiger partial charge in [-0.3, -0.25) is 4.90 Å². The highest BCUT2D eigenvalue weighted by Gasteiger charge is 2.22. The smallest absolute Gasteiger partial charge is 0.188 e. The van der Waals surface area contributed by atoms with Crippen molar-refractivity contribution in [2.45, 2.75) is 38.9 Å². The zero-order chi connectivity index (χ0) is 16.7. The lowest BCUT2D eigenvalue weighted by Gasteiger charge is -2.23. The number of halogens is 1. The molecule has 1 aliphatic heterocycles. The van der Waals surface area contributed by atoms with Crippen molar-refractivity contribution in [1.82, 2.24) is 15.1 Å². The normalized spacial score (nSPS) is 18.7. The first-order valence-corrected chi connectivity index (χ1v) is 8.59. The van der Waals surface area contributed by atoms with Crippen LogP contribution in [0.15, 0.2) is 29.3 Å². The van der Waals surface area contributed by atoms with Gasteiger partial charge >= 0.3 is 0 Å². The van der Waals surface area contributed by atoms with Gasteiger partial charge < -0.3 is 16.0 Å². The van der Waals surface area contributed by atoms with Crippen molar-refractivity contribution in [3.05, 3.63) is 35.4 Å². The Morgan fingerprint density at radius 1 is 1.38 bits per heavy atom. The van der Waals surface area contributed by atoms with E-state index in [-0.39, 0.29) is 24.0 Å². The van der Waals surface area contributed by atoms with Crippen LogP contribution in [-0.2, 0) is 13.1 Å². The molecule has 3 N–H and O–H groups in total. The van der Waals surface area contributed by atoms with E-state index in [2.05, 4.69) is 65.4 Å². The van der Waals surface area contributed by atoms with Gasteiger partial charge in [0.05, 0.1) is 6.54 Å². The van der Waals surface area contributed by atoms with E-state index in [1.54, 1.807) is 0 Å². The molecule has 1 aromatic carbocycles. The minimum Gasteiger partial charge on any atom is -0.370 e. The van der Waals surface area contributed by atoms with Crippen LogP contribution >= 0.6 is 24.0 Å². The fourth-order valence-electron chi connectivity index (χ4n) is 3.19. The predicted octanol–water partition coefficient (Wildman–Crippen LogP) is 2.25. The first-order valence-electron chi connectivity index (χ1n) is 8.59. The molecular formula is C18H32IN5. The van der Waals surface area contributed by atoms with Crippen molar-refractivity contribution in [2.24, 2.45) is 10.7 Å². The molecule has 136 valence electrons. The van der Waals surface area contributed by atoms with E-state index >= 15 is 0 Å². The number of aliphatic imine (C=N–C) groups is 1. The molecule has 0 bridgehead atoms. The maximum atomic E-state index is 6.02. The number of hydrogen-bond acceptors (Lipinski definition) is 3. The lowest BCUT2D eigenvalue weighted by Crippen LogP contribution is -2.42. The van der Waals surface area contributed by atoms with Gasteiger partial charge in [-0.25, -0.2) is 4.99 Å². The molecule has 24 heavy (non-hydrogen) atoms. The summed E-state index contributed by atoms with van der Waals surface area (Å²) in [5, 5.41) is 3.28. The summed E-state index contributed by atoms with van der Waals surface area (Å²) in [4.78, 5) is 9.15. The van der Waals surface area contributed by atoms with Gasteiger partial charge in [-0.2, -0.15) is 0 Å². The Labute approximate surface area is 163 Å². The van der Waals surface area contributed by atoms with Gasteiger partial charge in [0, 0.05) is 19.1 Å². The topological polar surface area (TPSA) is 56.9 Å². The zero-order valence-electron chi connectivity index (χ0n) is 15.2. The Balaban J connectivity index is 0.00000288. The SMILES string of the molecule is CCN1CCCC1CNC(N)=NCc1cccc(CN(C)C)c1.I. The van der Waals surface area contributed by atoms with E-state index in [0.717, 1.165) is 19.6 Å². The van der Waals surface area contributed by atoms with E-state index in [1.807, 2.05) is 0 Å². The molecule has 0 aliphatic carbocycles. The lowest BCUT2D eigenvalue weighted by molar-refractivity contribution is 0.267. The predicted molar refractivity (Wildman–Crippen MR) is 113 cm³/mol. The Bertz CT molecular complexity index is 518. The van der Waals surface area contributed by atoms with E-state index < -0.39 is 0 Å². The van der Waals surface area contributed by atoms with Gasteiger partial charge in [-0.05, 0) is 51.2 Å². The average molecular weight is 445 g/mol. The van der Waals surface area contributed by atoms with Crippen LogP contribution < -0.4 is 11.1 Å². The summed E-state index contributed by atoms with van der Waals surface area (Å²) in [6, 6.07) is 9.13. The lowest BCUT2D eigenvalue weighted by atomic mass is 10.1. The van der Waals surface area contributed by atoms with Gasteiger partial charge in [0.25, 0.3) is 0 Å². The third kappa shape index (κ3) is 6.94. The molecule has 0 radical (unpaired) electrons. The Morgan fingerprint density at radius 3 is 2.83 bits per heavy atom. The van der Waals surface area contributed by atoms with E-state index in [1.165, 1.54) is 30.5 Å². The van der Waals surface area contributed by atoms with Crippen LogP contribution in [0.25, 0.3) is 0 Å². The highest BCUT2D eigenvalue weighted by atomic mass is 127. The number of nitrogens with zero attached hydrogens (tertiary/aromatic N) is 3. The molecule has 1 atom stereocenters. The molecule has 0 amide bonds. The molecule has 1 aliphatic rings. The average Bonchev–Trinajstić information content (AvgIpc) is 2.98. The monoisotopic (exact) mass is 445 g/mol. The second-order valence-corrected chi connectivity index (χ2v) is 6.56. The van der Waals surface area contributed by atoms with Crippen LogP contribution in [0.1, 0.15) is 30.9 Å². The van der Waals surface area contributed by atoms with Crippen molar-refractivity contribution in [2.75, 3.05) is 33.7 Å². The van der Waals surface area contributed by atoms with Crippen LogP contribution in [0, 0.1) is 0 Å². The van der Waals surface area contributed by atoms with Crippen molar-refractivity contribution >= 4 is 29.9 Å². The number of nitrogens with two attached hydrogens (primary N) is 1. The first-order chi connectivity index (χ1) is 11.1. The maximum absolute atomic E-state index is 6.02. The number of rotatable bonds is 7. The van der Waals surface area contributed by atoms with Crippen molar-refractivity contribution in [1.29, 1.82) is 0 Å². The van der Waals surface area contributed by atoms with Gasteiger partial charge in [0.15, 0.2) is 5.96 Å². The summed E-state index contributed by atoms with van der Waals surface area (Å²) in [7, 11) is 4.16. The number of likely N-dealkylation sites (N-methyl/N-ethyl adjacent to an activating group) is 1. The molecule has 6 heteroatoms. The van der Waals surface area contributed by atoms with Crippen LogP contribution in [0.4, 0.5) is 0 Å². The molecule has 0 saturated carbocycles. The van der Waals surface area contributed by atoms with Gasteiger partial charge in [0.1, 0.15) is 0 Å². The molecule has 1 aromatic rings. The molecule has 1 saturated heterocycles. The fraction of sp³-hybridized carbons (Fsp3) is 0.611. The third-order valence-corrected chi connectivity index (χ3v) is 4.35. The summed E-state index contributed by atoms with van der Waals surface area (Å²) in [6.07, 6.45) is 2.54. The summed E-state index contributed by atoms with van der Waals surface area (Å²) in [5.74, 6) is 0.547. The van der Waals surface area contributed by atoms with Gasteiger partial charge in [0.2, 0.25) is 0 Å². The highest BCUT2D eigenvalue weighted by Crippen LogP contribution is 2.15. The quantitative estimate of drug-likeness (QED) is 0.384. The Morgan fingerprint density at radius 2 is 2.12 bits per heavy atom. The van der Waals surface area contributed by atoms with E-state index in [9.17, 15) is 0 Å². The maximum Gasteiger partial charge on any atom is 0.188 e. The third-order valence-electron chi connectivity index (χ3n) is 4.35. The Hall–Kier alpha value is -0.860. The number of guanidine groups is 1. The van der Waals surface area contributed by atoms with Gasteiger partial charge in [-0.1, -0.05) is 31.2 Å². The Kier molecular flexibility index (Phi) is 9.61. The minimum absolute atomic E-state index is 0. The summed E-state index contributed by atoms with van der Waals surface area (Å²) in [5.41, 5.74) is 8.52. The summed E-state index contributed by atoms with van der Waals surface area (Å²) < 4.78 is 0. The molecular weight excluding hydrogens is 413 g/mol. The van der Waals surface area contributed by atoms with Crippen LogP contribution in [0.2, 0.25) is 0 Å². The molecule has 1 unspecified atom stereocenters. The largest absolute Gasteiger partial charge is 0.370 e. The molecule has 5 nitrogen and oxygen atoms in total. The molecule has 0 spiro atoms.